The van der Waals surface area contributed by atoms with Gasteiger partial charge < -0.3 is 10.6 Å². The molecule has 0 aromatic heterocycles. The van der Waals surface area contributed by atoms with Gasteiger partial charge in [-0.25, -0.2) is 0 Å². The van der Waals surface area contributed by atoms with E-state index in [2.05, 4.69) is 24.5 Å². The smallest absolute Gasteiger partial charge is 0.233 e. The summed E-state index contributed by atoms with van der Waals surface area (Å²) in [4.78, 5) is 11.4. The average molecular weight is 212 g/mol. The van der Waals surface area contributed by atoms with Crippen molar-refractivity contribution < 1.29 is 4.79 Å². The maximum absolute atomic E-state index is 11.4. The fourth-order valence-corrected chi connectivity index (χ4v) is 1.86. The van der Waals surface area contributed by atoms with E-state index in [4.69, 9.17) is 0 Å². The number of carbonyl (C=O) groups excluding carboxylic acids is 1. The van der Waals surface area contributed by atoms with Gasteiger partial charge in [0, 0.05) is 12.6 Å². The largest absolute Gasteiger partial charge is 0.355 e. The monoisotopic (exact) mass is 212 g/mol. The van der Waals surface area contributed by atoms with Crippen LogP contribution in [-0.2, 0) is 4.79 Å². The minimum atomic E-state index is 0.138. The highest BCUT2D eigenvalue weighted by molar-refractivity contribution is 5.77. The van der Waals surface area contributed by atoms with Crippen molar-refractivity contribution >= 4 is 5.91 Å². The zero-order valence-corrected chi connectivity index (χ0v) is 10.0. The van der Waals surface area contributed by atoms with E-state index < -0.39 is 0 Å². The fraction of sp³-hybridized carbons (Fsp3) is 0.917. The minimum absolute atomic E-state index is 0.138. The Morgan fingerprint density at radius 1 is 1.33 bits per heavy atom. The van der Waals surface area contributed by atoms with E-state index in [9.17, 15) is 4.79 Å². The third-order valence-electron chi connectivity index (χ3n) is 2.89. The van der Waals surface area contributed by atoms with Crippen LogP contribution in [-0.4, -0.2) is 25.0 Å². The van der Waals surface area contributed by atoms with Gasteiger partial charge in [-0.2, -0.15) is 0 Å². The van der Waals surface area contributed by atoms with E-state index >= 15 is 0 Å². The Kier molecular flexibility index (Phi) is 5.69. The summed E-state index contributed by atoms with van der Waals surface area (Å²) in [5.41, 5.74) is 0. The normalized spacial score (nSPS) is 17.5. The zero-order valence-electron chi connectivity index (χ0n) is 10.0. The SMILES string of the molecule is CCCNC(=O)CNC(CCC)C1CC1. The van der Waals surface area contributed by atoms with Crippen molar-refractivity contribution in [1.29, 1.82) is 0 Å². The maximum atomic E-state index is 11.4. The van der Waals surface area contributed by atoms with Gasteiger partial charge in [0.1, 0.15) is 0 Å². The summed E-state index contributed by atoms with van der Waals surface area (Å²) in [6, 6.07) is 0.572. The van der Waals surface area contributed by atoms with Crippen LogP contribution >= 0.6 is 0 Å². The highest BCUT2D eigenvalue weighted by Gasteiger charge is 2.30. The van der Waals surface area contributed by atoms with E-state index in [1.54, 1.807) is 0 Å². The van der Waals surface area contributed by atoms with Crippen LogP contribution in [0.15, 0.2) is 0 Å². The first-order valence-electron chi connectivity index (χ1n) is 6.28. The molecule has 88 valence electrons. The molecular weight excluding hydrogens is 188 g/mol. The molecule has 0 bridgehead atoms. The number of hydrogen-bond donors (Lipinski definition) is 2. The Hall–Kier alpha value is -0.570. The number of rotatable bonds is 8. The molecule has 1 aliphatic carbocycles. The summed E-state index contributed by atoms with van der Waals surface area (Å²) < 4.78 is 0. The lowest BCUT2D eigenvalue weighted by Crippen LogP contribution is -2.40. The van der Waals surface area contributed by atoms with Crippen molar-refractivity contribution in [3.8, 4) is 0 Å². The molecule has 0 spiro atoms. The van der Waals surface area contributed by atoms with Crippen LogP contribution in [0.4, 0.5) is 0 Å². The minimum Gasteiger partial charge on any atom is -0.355 e. The number of hydrogen-bond acceptors (Lipinski definition) is 2. The summed E-state index contributed by atoms with van der Waals surface area (Å²) >= 11 is 0. The summed E-state index contributed by atoms with van der Waals surface area (Å²) in [6.45, 7) is 5.55. The van der Waals surface area contributed by atoms with Crippen molar-refractivity contribution in [2.45, 2.75) is 52.0 Å². The van der Waals surface area contributed by atoms with E-state index in [-0.39, 0.29) is 5.91 Å². The Labute approximate surface area is 93.0 Å². The van der Waals surface area contributed by atoms with E-state index in [0.717, 1.165) is 18.9 Å². The molecule has 3 heteroatoms. The van der Waals surface area contributed by atoms with Crippen LogP contribution in [0.25, 0.3) is 0 Å². The first-order valence-corrected chi connectivity index (χ1v) is 6.28. The Morgan fingerprint density at radius 2 is 2.07 bits per heavy atom. The van der Waals surface area contributed by atoms with Gasteiger partial charge in [0.15, 0.2) is 0 Å². The second-order valence-corrected chi connectivity index (χ2v) is 4.46. The molecular formula is C12H24N2O. The lowest BCUT2D eigenvalue weighted by molar-refractivity contribution is -0.120. The maximum Gasteiger partial charge on any atom is 0.233 e. The molecule has 0 aromatic carbocycles. The fourth-order valence-electron chi connectivity index (χ4n) is 1.86. The van der Waals surface area contributed by atoms with Gasteiger partial charge in [-0.1, -0.05) is 20.3 Å². The molecule has 1 rings (SSSR count). The molecule has 0 heterocycles. The van der Waals surface area contributed by atoms with Crippen molar-refractivity contribution in [1.82, 2.24) is 10.6 Å². The lowest BCUT2D eigenvalue weighted by Gasteiger charge is -2.16. The van der Waals surface area contributed by atoms with Crippen LogP contribution in [0.1, 0.15) is 46.0 Å². The summed E-state index contributed by atoms with van der Waals surface area (Å²) in [6.07, 6.45) is 6.09. The van der Waals surface area contributed by atoms with Crippen molar-refractivity contribution in [2.24, 2.45) is 5.92 Å². The third-order valence-corrected chi connectivity index (χ3v) is 2.89. The standard InChI is InChI=1S/C12H24N2O/c1-3-5-11(10-6-7-10)14-9-12(15)13-8-4-2/h10-11,14H,3-9H2,1-2H3,(H,13,15). The first kappa shape index (κ1) is 12.5. The zero-order chi connectivity index (χ0) is 11.1. The molecule has 0 saturated heterocycles. The van der Waals surface area contributed by atoms with Crippen molar-refractivity contribution in [2.75, 3.05) is 13.1 Å². The van der Waals surface area contributed by atoms with Crippen molar-refractivity contribution in [3.05, 3.63) is 0 Å². The van der Waals surface area contributed by atoms with Crippen LogP contribution in [0.5, 0.6) is 0 Å². The van der Waals surface area contributed by atoms with Crippen LogP contribution < -0.4 is 10.6 Å². The molecule has 1 unspecified atom stereocenters. The summed E-state index contributed by atoms with van der Waals surface area (Å²) in [5, 5.41) is 6.27. The summed E-state index contributed by atoms with van der Waals surface area (Å²) in [7, 11) is 0. The predicted molar refractivity (Wildman–Crippen MR) is 62.7 cm³/mol. The van der Waals surface area contributed by atoms with Gasteiger partial charge in [0.25, 0.3) is 0 Å². The molecule has 0 radical (unpaired) electrons. The molecule has 3 nitrogen and oxygen atoms in total. The predicted octanol–water partition coefficient (Wildman–Crippen LogP) is 1.68. The highest BCUT2D eigenvalue weighted by atomic mass is 16.1. The second-order valence-electron chi connectivity index (χ2n) is 4.46. The van der Waals surface area contributed by atoms with E-state index in [1.165, 1.54) is 25.7 Å². The topological polar surface area (TPSA) is 41.1 Å². The van der Waals surface area contributed by atoms with Gasteiger partial charge >= 0.3 is 0 Å². The van der Waals surface area contributed by atoms with Gasteiger partial charge in [-0.15, -0.1) is 0 Å². The molecule has 1 saturated carbocycles. The van der Waals surface area contributed by atoms with E-state index in [0.29, 0.717) is 12.6 Å². The van der Waals surface area contributed by atoms with Crippen molar-refractivity contribution in [3.63, 3.8) is 0 Å². The van der Waals surface area contributed by atoms with Gasteiger partial charge in [0.2, 0.25) is 5.91 Å². The van der Waals surface area contributed by atoms with Gasteiger partial charge in [0.05, 0.1) is 6.54 Å². The molecule has 1 aliphatic rings. The van der Waals surface area contributed by atoms with Crippen LogP contribution in [0.3, 0.4) is 0 Å². The quantitative estimate of drug-likeness (QED) is 0.643. The number of nitrogens with one attached hydrogen (secondary N) is 2. The number of amides is 1. The highest BCUT2D eigenvalue weighted by Crippen LogP contribution is 2.34. The molecule has 1 atom stereocenters. The molecule has 2 N–H and O–H groups in total. The average Bonchev–Trinajstić information content (AvgIpc) is 3.04. The van der Waals surface area contributed by atoms with Gasteiger partial charge in [-0.05, 0) is 31.6 Å². The van der Waals surface area contributed by atoms with Gasteiger partial charge in [-0.3, -0.25) is 4.79 Å². The van der Waals surface area contributed by atoms with E-state index in [1.807, 2.05) is 0 Å². The first-order chi connectivity index (χ1) is 7.27. The number of carbonyl (C=O) groups is 1. The lowest BCUT2D eigenvalue weighted by atomic mass is 10.1. The molecule has 15 heavy (non-hydrogen) atoms. The Balaban J connectivity index is 2.12. The Morgan fingerprint density at radius 3 is 2.60 bits per heavy atom. The molecule has 0 aromatic rings. The van der Waals surface area contributed by atoms with Crippen LogP contribution in [0.2, 0.25) is 0 Å². The molecule has 1 amide bonds. The third kappa shape index (κ3) is 5.17. The second kappa shape index (κ2) is 6.83. The molecule has 1 fully saturated rings. The molecule has 0 aliphatic heterocycles. The Bertz CT molecular complexity index is 190. The van der Waals surface area contributed by atoms with Crippen LogP contribution in [0, 0.1) is 5.92 Å². The summed E-state index contributed by atoms with van der Waals surface area (Å²) in [5.74, 6) is 0.975.